The number of ether oxygens (including phenoxy) is 1. The molecule has 2 aliphatic rings. The van der Waals surface area contributed by atoms with Crippen LogP contribution in [0.15, 0.2) is 24.3 Å². The van der Waals surface area contributed by atoms with Gasteiger partial charge in [0.15, 0.2) is 0 Å². The number of likely N-dealkylation sites (tertiary alicyclic amines) is 2. The van der Waals surface area contributed by atoms with E-state index in [4.69, 9.17) is 10.5 Å². The average Bonchev–Trinajstić information content (AvgIpc) is 2.56. The first-order chi connectivity index (χ1) is 12.2. The fourth-order valence-corrected chi connectivity index (χ4v) is 4.13. The molecule has 0 radical (unpaired) electrons. The van der Waals surface area contributed by atoms with Crippen LogP contribution in [0.5, 0.6) is 0 Å². The molecule has 5 heteroatoms. The third-order valence-corrected chi connectivity index (χ3v) is 5.75. The van der Waals surface area contributed by atoms with Gasteiger partial charge in [0.05, 0.1) is 0 Å². The Hall–Kier alpha value is -1.75. The third kappa shape index (κ3) is 4.91. The van der Waals surface area contributed by atoms with E-state index in [2.05, 4.69) is 17.0 Å². The molecule has 1 aromatic carbocycles. The summed E-state index contributed by atoms with van der Waals surface area (Å²) in [6.45, 7) is 10.6. The molecule has 2 N–H and O–H groups in total. The number of nitrogens with zero attached hydrogens (tertiary/aromatic N) is 2. The molecule has 26 heavy (non-hydrogen) atoms. The topological polar surface area (TPSA) is 58.8 Å². The molecule has 1 aromatic rings. The number of carbonyl (C=O) groups excluding carboxylic acids is 1. The highest BCUT2D eigenvalue weighted by Gasteiger charge is 2.39. The summed E-state index contributed by atoms with van der Waals surface area (Å²) in [7, 11) is 0. The van der Waals surface area contributed by atoms with Crippen LogP contribution >= 0.6 is 0 Å². The van der Waals surface area contributed by atoms with Crippen molar-refractivity contribution in [3.63, 3.8) is 0 Å². The van der Waals surface area contributed by atoms with Crippen molar-refractivity contribution < 1.29 is 9.53 Å². The molecule has 1 amide bonds. The molecule has 1 spiro atoms. The number of rotatable bonds is 2. The maximum absolute atomic E-state index is 12.3. The number of hydrogen-bond donors (Lipinski definition) is 1. The molecular formula is C21H33N3O2. The quantitative estimate of drug-likeness (QED) is 0.814. The lowest BCUT2D eigenvalue weighted by Gasteiger charge is -2.46. The first-order valence-electron chi connectivity index (χ1n) is 9.79. The van der Waals surface area contributed by atoms with Gasteiger partial charge in [-0.2, -0.15) is 0 Å². The van der Waals surface area contributed by atoms with Crippen molar-refractivity contribution in [1.82, 2.24) is 9.80 Å². The Labute approximate surface area is 157 Å². The van der Waals surface area contributed by atoms with Crippen molar-refractivity contribution in [2.75, 3.05) is 31.9 Å². The number of benzene rings is 1. The van der Waals surface area contributed by atoms with Gasteiger partial charge in [0.25, 0.3) is 0 Å². The predicted octanol–water partition coefficient (Wildman–Crippen LogP) is 3.88. The molecule has 0 aromatic heterocycles. The summed E-state index contributed by atoms with van der Waals surface area (Å²) in [4.78, 5) is 16.7. The van der Waals surface area contributed by atoms with Gasteiger partial charge in [-0.15, -0.1) is 0 Å². The Morgan fingerprint density at radius 1 is 1.12 bits per heavy atom. The molecule has 0 atom stereocenters. The fraction of sp³-hybridized carbons (Fsp3) is 0.667. The van der Waals surface area contributed by atoms with Gasteiger partial charge in [-0.05, 0) is 82.7 Å². The van der Waals surface area contributed by atoms with E-state index in [0.29, 0.717) is 5.41 Å². The molecule has 2 aliphatic heterocycles. The number of nitrogens with two attached hydrogens (primary N) is 1. The standard InChI is InChI=1S/C21H33N3O2/c1-20(2,3)26-19(25)24-13-9-21(10-14-24)7-11-23(12-8-21)16-17-5-4-6-18(22)15-17/h4-6,15H,7-14,16,22H2,1-3H3. The highest BCUT2D eigenvalue weighted by molar-refractivity contribution is 5.68. The second kappa shape index (κ2) is 7.47. The van der Waals surface area contributed by atoms with Crippen molar-refractivity contribution in [3.8, 4) is 0 Å². The van der Waals surface area contributed by atoms with Crippen molar-refractivity contribution in [3.05, 3.63) is 29.8 Å². The Kier molecular flexibility index (Phi) is 5.47. The normalized spacial score (nSPS) is 21.0. The van der Waals surface area contributed by atoms with E-state index in [1.54, 1.807) is 0 Å². The Morgan fingerprint density at radius 2 is 1.73 bits per heavy atom. The lowest BCUT2D eigenvalue weighted by molar-refractivity contribution is -0.00311. The van der Waals surface area contributed by atoms with Crippen LogP contribution in [0.25, 0.3) is 0 Å². The van der Waals surface area contributed by atoms with Crippen molar-refractivity contribution in [1.29, 1.82) is 0 Å². The first kappa shape index (κ1) is 19.0. The van der Waals surface area contributed by atoms with Crippen LogP contribution in [0.2, 0.25) is 0 Å². The van der Waals surface area contributed by atoms with Gasteiger partial charge < -0.3 is 15.4 Å². The summed E-state index contributed by atoms with van der Waals surface area (Å²) in [6, 6.07) is 8.19. The van der Waals surface area contributed by atoms with Crippen LogP contribution in [-0.4, -0.2) is 47.7 Å². The monoisotopic (exact) mass is 359 g/mol. The summed E-state index contributed by atoms with van der Waals surface area (Å²) >= 11 is 0. The lowest BCUT2D eigenvalue weighted by Crippen LogP contribution is -2.49. The summed E-state index contributed by atoms with van der Waals surface area (Å²) in [6.07, 6.45) is 4.47. The largest absolute Gasteiger partial charge is 0.444 e. The second-order valence-corrected chi connectivity index (χ2v) is 8.99. The van der Waals surface area contributed by atoms with Crippen LogP contribution in [-0.2, 0) is 11.3 Å². The van der Waals surface area contributed by atoms with Gasteiger partial charge >= 0.3 is 6.09 Å². The zero-order valence-electron chi connectivity index (χ0n) is 16.5. The summed E-state index contributed by atoms with van der Waals surface area (Å²) in [5, 5.41) is 0. The van der Waals surface area contributed by atoms with E-state index < -0.39 is 5.60 Å². The zero-order valence-corrected chi connectivity index (χ0v) is 16.5. The van der Waals surface area contributed by atoms with Crippen LogP contribution < -0.4 is 5.73 Å². The van der Waals surface area contributed by atoms with Crippen LogP contribution in [0.3, 0.4) is 0 Å². The molecule has 144 valence electrons. The molecule has 3 rings (SSSR count). The molecule has 2 saturated heterocycles. The van der Waals surface area contributed by atoms with E-state index in [9.17, 15) is 4.79 Å². The van der Waals surface area contributed by atoms with Gasteiger partial charge in [-0.25, -0.2) is 4.79 Å². The Balaban J connectivity index is 1.47. The predicted molar refractivity (Wildman–Crippen MR) is 105 cm³/mol. The summed E-state index contributed by atoms with van der Waals surface area (Å²) < 4.78 is 5.51. The molecular weight excluding hydrogens is 326 g/mol. The number of nitrogen functional groups attached to an aromatic ring is 1. The van der Waals surface area contributed by atoms with Crippen LogP contribution in [0.1, 0.15) is 52.0 Å². The Bertz CT molecular complexity index is 620. The first-order valence-corrected chi connectivity index (χ1v) is 9.79. The van der Waals surface area contributed by atoms with Gasteiger partial charge in [0.1, 0.15) is 5.60 Å². The number of piperidine rings is 2. The summed E-state index contributed by atoms with van der Waals surface area (Å²) in [5.74, 6) is 0. The van der Waals surface area contributed by atoms with E-state index >= 15 is 0 Å². The highest BCUT2D eigenvalue weighted by Crippen LogP contribution is 2.41. The second-order valence-electron chi connectivity index (χ2n) is 8.99. The summed E-state index contributed by atoms with van der Waals surface area (Å²) in [5.41, 5.74) is 8.01. The average molecular weight is 360 g/mol. The zero-order chi connectivity index (χ0) is 18.8. The van der Waals surface area contributed by atoms with E-state index in [0.717, 1.165) is 51.3 Å². The smallest absolute Gasteiger partial charge is 0.410 e. The van der Waals surface area contributed by atoms with E-state index in [1.165, 1.54) is 18.4 Å². The van der Waals surface area contributed by atoms with Gasteiger partial charge in [-0.3, -0.25) is 4.90 Å². The van der Waals surface area contributed by atoms with Crippen LogP contribution in [0, 0.1) is 5.41 Å². The number of hydrogen-bond acceptors (Lipinski definition) is 4. The van der Waals surface area contributed by atoms with E-state index in [-0.39, 0.29) is 6.09 Å². The van der Waals surface area contributed by atoms with Gasteiger partial charge in [-0.1, -0.05) is 12.1 Å². The number of amides is 1. The molecule has 0 unspecified atom stereocenters. The lowest BCUT2D eigenvalue weighted by atomic mass is 9.71. The maximum Gasteiger partial charge on any atom is 0.410 e. The molecule has 2 fully saturated rings. The minimum atomic E-state index is -0.418. The number of anilines is 1. The maximum atomic E-state index is 12.3. The van der Waals surface area contributed by atoms with Gasteiger partial charge in [0, 0.05) is 25.3 Å². The molecule has 0 saturated carbocycles. The molecule has 0 bridgehead atoms. The van der Waals surface area contributed by atoms with Crippen LogP contribution in [0.4, 0.5) is 10.5 Å². The minimum absolute atomic E-state index is 0.161. The van der Waals surface area contributed by atoms with Crippen molar-refractivity contribution in [2.24, 2.45) is 5.41 Å². The third-order valence-electron chi connectivity index (χ3n) is 5.75. The van der Waals surface area contributed by atoms with E-state index in [1.807, 2.05) is 37.8 Å². The molecule has 0 aliphatic carbocycles. The SMILES string of the molecule is CC(C)(C)OC(=O)N1CCC2(CCN(Cc3cccc(N)c3)CC2)CC1. The van der Waals surface area contributed by atoms with Crippen molar-refractivity contribution >= 4 is 11.8 Å². The Morgan fingerprint density at radius 3 is 2.31 bits per heavy atom. The fourth-order valence-electron chi connectivity index (χ4n) is 4.13. The number of carbonyl (C=O) groups is 1. The van der Waals surface area contributed by atoms with Gasteiger partial charge in [0.2, 0.25) is 0 Å². The van der Waals surface area contributed by atoms with Crippen molar-refractivity contribution in [2.45, 2.75) is 58.6 Å². The molecule has 2 heterocycles. The minimum Gasteiger partial charge on any atom is -0.444 e. The molecule has 5 nitrogen and oxygen atoms in total. The highest BCUT2D eigenvalue weighted by atomic mass is 16.6.